The summed E-state index contributed by atoms with van der Waals surface area (Å²) in [5, 5.41) is 11.8. The molecular formula is C14H19FN2O2. The molecule has 0 bridgehead atoms. The number of piperidine rings is 1. The van der Waals surface area contributed by atoms with Crippen molar-refractivity contribution in [2.24, 2.45) is 5.92 Å². The van der Waals surface area contributed by atoms with E-state index in [1.165, 1.54) is 12.1 Å². The van der Waals surface area contributed by atoms with E-state index < -0.39 is 0 Å². The van der Waals surface area contributed by atoms with Crippen molar-refractivity contribution in [3.8, 4) is 0 Å². The van der Waals surface area contributed by atoms with Crippen molar-refractivity contribution in [1.82, 2.24) is 4.90 Å². The number of hydrogen-bond acceptors (Lipinski definition) is 2. The Hall–Kier alpha value is -1.62. The molecular weight excluding hydrogens is 247 g/mol. The van der Waals surface area contributed by atoms with Crippen LogP contribution in [-0.4, -0.2) is 35.7 Å². The number of benzene rings is 1. The minimum Gasteiger partial charge on any atom is -0.396 e. The van der Waals surface area contributed by atoms with E-state index in [9.17, 15) is 9.18 Å². The number of rotatable bonds is 2. The molecule has 1 aromatic rings. The number of carbonyl (C=O) groups is 1. The number of halogens is 1. The number of amides is 2. The fourth-order valence-corrected chi connectivity index (χ4v) is 2.24. The third-order valence-corrected chi connectivity index (χ3v) is 3.60. The first kappa shape index (κ1) is 13.8. The fourth-order valence-electron chi connectivity index (χ4n) is 2.24. The Bertz CT molecular complexity index is 457. The van der Waals surface area contributed by atoms with Crippen molar-refractivity contribution in [3.63, 3.8) is 0 Å². The van der Waals surface area contributed by atoms with Gasteiger partial charge in [-0.1, -0.05) is 6.07 Å². The highest BCUT2D eigenvalue weighted by Gasteiger charge is 2.22. The van der Waals surface area contributed by atoms with Gasteiger partial charge >= 0.3 is 6.03 Å². The number of anilines is 1. The van der Waals surface area contributed by atoms with Gasteiger partial charge in [-0.15, -0.1) is 0 Å². The average Bonchev–Trinajstić information content (AvgIpc) is 2.43. The number of aliphatic hydroxyl groups excluding tert-OH is 1. The maximum absolute atomic E-state index is 13.1. The molecule has 5 heteroatoms. The molecule has 0 unspecified atom stereocenters. The lowest BCUT2D eigenvalue weighted by molar-refractivity contribution is 0.143. The van der Waals surface area contributed by atoms with Gasteiger partial charge in [-0.3, -0.25) is 0 Å². The number of aliphatic hydroxyl groups is 1. The number of carbonyl (C=O) groups excluding carboxylic acids is 1. The Balaban J connectivity index is 1.96. The van der Waals surface area contributed by atoms with Gasteiger partial charge in [-0.05, 0) is 43.4 Å². The van der Waals surface area contributed by atoms with E-state index >= 15 is 0 Å². The smallest absolute Gasteiger partial charge is 0.321 e. The maximum atomic E-state index is 13.1. The topological polar surface area (TPSA) is 52.6 Å². The number of nitrogens with one attached hydrogen (secondary N) is 1. The second-order valence-corrected chi connectivity index (χ2v) is 5.00. The second-order valence-electron chi connectivity index (χ2n) is 5.00. The molecule has 1 aliphatic rings. The quantitative estimate of drug-likeness (QED) is 0.863. The van der Waals surface area contributed by atoms with Gasteiger partial charge < -0.3 is 15.3 Å². The van der Waals surface area contributed by atoms with Crippen LogP contribution in [0.4, 0.5) is 14.9 Å². The molecule has 2 amide bonds. The lowest BCUT2D eigenvalue weighted by Gasteiger charge is -2.31. The van der Waals surface area contributed by atoms with Crippen LogP contribution in [0.15, 0.2) is 18.2 Å². The molecule has 0 spiro atoms. The molecule has 1 saturated heterocycles. The molecule has 104 valence electrons. The Labute approximate surface area is 112 Å². The molecule has 4 nitrogen and oxygen atoms in total. The lowest BCUT2D eigenvalue weighted by atomic mass is 9.98. The van der Waals surface area contributed by atoms with Crippen molar-refractivity contribution in [1.29, 1.82) is 0 Å². The van der Waals surface area contributed by atoms with Crippen LogP contribution in [-0.2, 0) is 0 Å². The number of urea groups is 1. The maximum Gasteiger partial charge on any atom is 0.321 e. The summed E-state index contributed by atoms with van der Waals surface area (Å²) in [4.78, 5) is 13.8. The zero-order chi connectivity index (χ0) is 13.8. The number of aryl methyl sites for hydroxylation is 1. The van der Waals surface area contributed by atoms with E-state index in [4.69, 9.17) is 5.11 Å². The largest absolute Gasteiger partial charge is 0.396 e. The Kier molecular flexibility index (Phi) is 4.37. The zero-order valence-corrected chi connectivity index (χ0v) is 11.0. The predicted molar refractivity (Wildman–Crippen MR) is 71.5 cm³/mol. The highest BCUT2D eigenvalue weighted by atomic mass is 19.1. The third kappa shape index (κ3) is 3.44. The summed E-state index contributed by atoms with van der Waals surface area (Å²) in [6.45, 7) is 3.27. The van der Waals surface area contributed by atoms with Crippen LogP contribution in [0, 0.1) is 18.7 Å². The van der Waals surface area contributed by atoms with Crippen LogP contribution in [0.2, 0.25) is 0 Å². The standard InChI is InChI=1S/C14H19FN2O2/c1-10-2-3-12(15)8-13(10)16-14(19)17-6-4-11(9-18)5-7-17/h2-3,8,11,18H,4-7,9H2,1H3,(H,16,19). The summed E-state index contributed by atoms with van der Waals surface area (Å²) in [7, 11) is 0. The minimum absolute atomic E-state index is 0.179. The fraction of sp³-hybridized carbons (Fsp3) is 0.500. The Morgan fingerprint density at radius 3 is 2.79 bits per heavy atom. The molecule has 1 fully saturated rings. The Morgan fingerprint density at radius 1 is 1.47 bits per heavy atom. The lowest BCUT2D eigenvalue weighted by Crippen LogP contribution is -2.41. The van der Waals surface area contributed by atoms with E-state index in [2.05, 4.69) is 5.32 Å². The number of likely N-dealkylation sites (tertiary alicyclic amines) is 1. The summed E-state index contributed by atoms with van der Waals surface area (Å²) in [5.74, 6) is -0.0696. The van der Waals surface area contributed by atoms with Crippen molar-refractivity contribution < 1.29 is 14.3 Å². The van der Waals surface area contributed by atoms with Crippen molar-refractivity contribution >= 4 is 11.7 Å². The molecule has 2 N–H and O–H groups in total. The van der Waals surface area contributed by atoms with Crippen LogP contribution in [0.25, 0.3) is 0 Å². The molecule has 1 heterocycles. The highest BCUT2D eigenvalue weighted by molar-refractivity contribution is 5.90. The molecule has 2 rings (SSSR count). The molecule has 0 atom stereocenters. The first-order valence-corrected chi connectivity index (χ1v) is 6.53. The molecule has 0 aliphatic carbocycles. The van der Waals surface area contributed by atoms with Gasteiger partial charge in [0, 0.05) is 25.4 Å². The van der Waals surface area contributed by atoms with Crippen LogP contribution < -0.4 is 5.32 Å². The molecule has 1 aliphatic heterocycles. The van der Waals surface area contributed by atoms with Gasteiger partial charge in [0.25, 0.3) is 0 Å². The molecule has 19 heavy (non-hydrogen) atoms. The molecule has 1 aromatic carbocycles. The van der Waals surface area contributed by atoms with Crippen molar-refractivity contribution in [2.45, 2.75) is 19.8 Å². The van der Waals surface area contributed by atoms with Gasteiger partial charge in [0.15, 0.2) is 0 Å². The van der Waals surface area contributed by atoms with Crippen LogP contribution in [0.3, 0.4) is 0 Å². The summed E-state index contributed by atoms with van der Waals surface area (Å²) in [6, 6.07) is 4.14. The molecule has 0 radical (unpaired) electrons. The van der Waals surface area contributed by atoms with Gasteiger partial charge in [0.1, 0.15) is 5.82 Å². The van der Waals surface area contributed by atoms with Crippen LogP contribution in [0.5, 0.6) is 0 Å². The van der Waals surface area contributed by atoms with Crippen LogP contribution in [0.1, 0.15) is 18.4 Å². The predicted octanol–water partition coefficient (Wildman–Crippen LogP) is 2.37. The monoisotopic (exact) mass is 266 g/mol. The normalized spacial score (nSPS) is 16.5. The number of hydrogen-bond donors (Lipinski definition) is 2. The molecule has 0 aromatic heterocycles. The summed E-state index contributed by atoms with van der Waals surface area (Å²) in [5.41, 5.74) is 1.34. The van der Waals surface area contributed by atoms with Crippen LogP contribution >= 0.6 is 0 Å². The van der Waals surface area contributed by atoms with E-state index in [-0.39, 0.29) is 18.5 Å². The van der Waals surface area contributed by atoms with Gasteiger partial charge in [0.05, 0.1) is 0 Å². The van der Waals surface area contributed by atoms with Gasteiger partial charge in [-0.2, -0.15) is 0 Å². The number of nitrogens with zero attached hydrogens (tertiary/aromatic N) is 1. The summed E-state index contributed by atoms with van der Waals surface area (Å²) >= 11 is 0. The van der Waals surface area contributed by atoms with Crippen molar-refractivity contribution in [2.75, 3.05) is 25.0 Å². The molecule has 0 saturated carbocycles. The summed E-state index contributed by atoms with van der Waals surface area (Å²) in [6.07, 6.45) is 1.62. The van der Waals surface area contributed by atoms with Crippen molar-refractivity contribution in [3.05, 3.63) is 29.6 Å². The highest BCUT2D eigenvalue weighted by Crippen LogP contribution is 2.19. The average molecular weight is 266 g/mol. The summed E-state index contributed by atoms with van der Waals surface area (Å²) < 4.78 is 13.1. The zero-order valence-electron chi connectivity index (χ0n) is 11.0. The second kappa shape index (κ2) is 6.02. The van der Waals surface area contributed by atoms with E-state index in [1.54, 1.807) is 11.0 Å². The van der Waals surface area contributed by atoms with E-state index in [0.717, 1.165) is 18.4 Å². The SMILES string of the molecule is Cc1ccc(F)cc1NC(=O)N1CCC(CO)CC1. The van der Waals surface area contributed by atoms with Gasteiger partial charge in [0.2, 0.25) is 0 Å². The minimum atomic E-state index is -0.361. The third-order valence-electron chi connectivity index (χ3n) is 3.60. The van der Waals surface area contributed by atoms with E-state index in [1.807, 2.05) is 6.92 Å². The van der Waals surface area contributed by atoms with Gasteiger partial charge in [-0.25, -0.2) is 9.18 Å². The van der Waals surface area contributed by atoms with E-state index in [0.29, 0.717) is 24.7 Å². The Morgan fingerprint density at radius 2 is 2.16 bits per heavy atom. The first-order valence-electron chi connectivity index (χ1n) is 6.53. The first-order chi connectivity index (χ1) is 9.10.